The summed E-state index contributed by atoms with van der Waals surface area (Å²) in [7, 11) is 3.87. The average molecular weight is 326 g/mol. The van der Waals surface area contributed by atoms with Gasteiger partial charge in [-0.2, -0.15) is 0 Å². The number of nitrogens with zero attached hydrogens (tertiary/aromatic N) is 1. The first kappa shape index (κ1) is 16.8. The molecule has 2 aromatic rings. The molecule has 1 aliphatic carbocycles. The number of anilines is 1. The Morgan fingerprint density at radius 1 is 1.17 bits per heavy atom. The van der Waals surface area contributed by atoms with Crippen molar-refractivity contribution in [3.8, 4) is 5.75 Å². The molecule has 0 amide bonds. The van der Waals surface area contributed by atoms with Crippen LogP contribution in [0.15, 0.2) is 48.5 Å². The summed E-state index contributed by atoms with van der Waals surface area (Å²) in [6.45, 7) is 0.904. The van der Waals surface area contributed by atoms with Crippen molar-refractivity contribution in [2.45, 2.75) is 25.0 Å². The number of benzene rings is 2. The third kappa shape index (κ3) is 4.28. The Morgan fingerprint density at radius 3 is 2.67 bits per heavy atom. The minimum absolute atomic E-state index is 0.307. The first-order valence-corrected chi connectivity index (χ1v) is 8.52. The summed E-state index contributed by atoms with van der Waals surface area (Å²) >= 11 is 0. The van der Waals surface area contributed by atoms with Crippen molar-refractivity contribution in [1.29, 1.82) is 0 Å². The van der Waals surface area contributed by atoms with Gasteiger partial charge in [-0.15, -0.1) is 0 Å². The zero-order valence-electron chi connectivity index (χ0n) is 14.4. The smallest absolute Gasteiger partial charge is 0.119 e. The molecule has 2 aromatic carbocycles. The molecule has 24 heavy (non-hydrogen) atoms. The number of rotatable bonds is 7. The molecule has 4 heteroatoms. The summed E-state index contributed by atoms with van der Waals surface area (Å²) in [5.74, 6) is 0.783. The largest absolute Gasteiger partial charge is 0.491 e. The number of hydrogen-bond donors (Lipinski definition) is 2. The van der Waals surface area contributed by atoms with Gasteiger partial charge in [0.15, 0.2) is 0 Å². The van der Waals surface area contributed by atoms with Gasteiger partial charge in [0.25, 0.3) is 0 Å². The molecule has 1 aliphatic rings. The second-order valence-corrected chi connectivity index (χ2v) is 6.69. The highest BCUT2D eigenvalue weighted by Crippen LogP contribution is 2.33. The highest BCUT2D eigenvalue weighted by molar-refractivity contribution is 5.50. The molecule has 0 radical (unpaired) electrons. The van der Waals surface area contributed by atoms with Crippen molar-refractivity contribution in [3.63, 3.8) is 0 Å². The Morgan fingerprint density at radius 2 is 1.92 bits per heavy atom. The number of aliphatic hydroxyl groups is 1. The van der Waals surface area contributed by atoms with Gasteiger partial charge in [0, 0.05) is 12.2 Å². The maximum absolute atomic E-state index is 9.84. The van der Waals surface area contributed by atoms with Crippen LogP contribution >= 0.6 is 0 Å². The van der Waals surface area contributed by atoms with Gasteiger partial charge in [-0.1, -0.05) is 24.3 Å². The fourth-order valence-corrected chi connectivity index (χ4v) is 3.22. The zero-order chi connectivity index (χ0) is 16.9. The normalized spacial score (nSPS) is 17.6. The maximum atomic E-state index is 9.84. The predicted octanol–water partition coefficient (Wildman–Crippen LogP) is 3.09. The van der Waals surface area contributed by atoms with Crippen LogP contribution in [0.25, 0.3) is 0 Å². The van der Waals surface area contributed by atoms with Gasteiger partial charge in [0.2, 0.25) is 0 Å². The molecule has 0 saturated heterocycles. The molecule has 0 fully saturated rings. The molecule has 0 bridgehead atoms. The van der Waals surface area contributed by atoms with Crippen molar-refractivity contribution in [2.75, 3.05) is 32.6 Å². The van der Waals surface area contributed by atoms with Gasteiger partial charge in [-0.3, -0.25) is 0 Å². The Kier molecular flexibility index (Phi) is 5.38. The van der Waals surface area contributed by atoms with E-state index in [0.717, 1.165) is 24.3 Å². The van der Waals surface area contributed by atoms with Crippen molar-refractivity contribution in [3.05, 3.63) is 59.7 Å². The molecule has 0 spiro atoms. The first-order chi connectivity index (χ1) is 11.6. The molecule has 0 aliphatic heterocycles. The number of hydrogen-bond acceptors (Lipinski definition) is 4. The number of nitrogens with one attached hydrogen (secondary N) is 1. The van der Waals surface area contributed by atoms with Gasteiger partial charge in [-0.05, 0) is 62.3 Å². The number of fused-ring (bicyclic) bond motifs is 1. The SMILES string of the molecule is CN(C)CC(O)COc1ccc(NC2CCc3ccccc32)cc1. The Balaban J connectivity index is 1.54. The van der Waals surface area contributed by atoms with E-state index in [1.54, 1.807) is 0 Å². The molecule has 2 atom stereocenters. The second kappa shape index (κ2) is 7.69. The summed E-state index contributed by atoms with van der Waals surface area (Å²) in [5, 5.41) is 13.4. The molecule has 3 rings (SSSR count). The van der Waals surface area contributed by atoms with Crippen LogP contribution in [0.2, 0.25) is 0 Å². The van der Waals surface area contributed by atoms with Crippen LogP contribution in [0, 0.1) is 0 Å². The highest BCUT2D eigenvalue weighted by atomic mass is 16.5. The van der Waals surface area contributed by atoms with E-state index < -0.39 is 6.10 Å². The quantitative estimate of drug-likeness (QED) is 0.821. The van der Waals surface area contributed by atoms with E-state index in [1.807, 2.05) is 43.3 Å². The van der Waals surface area contributed by atoms with Gasteiger partial charge in [0.1, 0.15) is 18.5 Å². The molecule has 128 valence electrons. The summed E-state index contributed by atoms with van der Waals surface area (Å²) in [6, 6.07) is 17.0. The number of aryl methyl sites for hydroxylation is 1. The molecule has 0 aromatic heterocycles. The zero-order valence-corrected chi connectivity index (χ0v) is 14.4. The molecule has 4 nitrogen and oxygen atoms in total. The van der Waals surface area contributed by atoms with Crippen molar-refractivity contribution >= 4 is 5.69 Å². The lowest BCUT2D eigenvalue weighted by Gasteiger charge is -2.18. The third-order valence-electron chi connectivity index (χ3n) is 4.35. The van der Waals surface area contributed by atoms with E-state index in [2.05, 4.69) is 29.6 Å². The van der Waals surface area contributed by atoms with Crippen LogP contribution in [0.3, 0.4) is 0 Å². The lowest BCUT2D eigenvalue weighted by Crippen LogP contribution is -2.30. The van der Waals surface area contributed by atoms with Gasteiger partial charge in [0.05, 0.1) is 6.04 Å². The average Bonchev–Trinajstić information content (AvgIpc) is 2.97. The predicted molar refractivity (Wildman–Crippen MR) is 97.6 cm³/mol. The summed E-state index contributed by atoms with van der Waals surface area (Å²) in [4.78, 5) is 1.94. The fourth-order valence-electron chi connectivity index (χ4n) is 3.22. The van der Waals surface area contributed by atoms with E-state index in [-0.39, 0.29) is 0 Å². The van der Waals surface area contributed by atoms with E-state index in [1.165, 1.54) is 11.1 Å². The second-order valence-electron chi connectivity index (χ2n) is 6.69. The lowest BCUT2D eigenvalue weighted by molar-refractivity contribution is 0.0831. The van der Waals surface area contributed by atoms with E-state index in [4.69, 9.17) is 4.74 Å². The van der Waals surface area contributed by atoms with E-state index in [0.29, 0.717) is 19.2 Å². The molecule has 0 saturated carbocycles. The molecule has 2 unspecified atom stereocenters. The molecular weight excluding hydrogens is 300 g/mol. The topological polar surface area (TPSA) is 44.7 Å². The van der Waals surface area contributed by atoms with Crippen LogP contribution < -0.4 is 10.1 Å². The van der Waals surface area contributed by atoms with Crippen molar-refractivity contribution < 1.29 is 9.84 Å². The molecule has 2 N–H and O–H groups in total. The molecular formula is C20H26N2O2. The Hall–Kier alpha value is -2.04. The van der Waals surface area contributed by atoms with E-state index >= 15 is 0 Å². The summed E-state index contributed by atoms with van der Waals surface area (Å²) in [6.07, 6.45) is 1.79. The standard InChI is InChI=1S/C20H26N2O2/c1-22(2)13-17(23)14-24-18-10-8-16(9-11-18)21-20-12-7-15-5-3-4-6-19(15)20/h3-6,8-11,17,20-21,23H,7,12-14H2,1-2H3. The van der Waals surface area contributed by atoms with E-state index in [9.17, 15) is 5.11 Å². The number of ether oxygens (including phenoxy) is 1. The fraction of sp³-hybridized carbons (Fsp3) is 0.400. The van der Waals surface area contributed by atoms with Crippen molar-refractivity contribution in [1.82, 2.24) is 4.90 Å². The Labute approximate surface area is 144 Å². The van der Waals surface area contributed by atoms with Gasteiger partial charge in [-0.25, -0.2) is 0 Å². The van der Waals surface area contributed by atoms with Crippen LogP contribution in [0.1, 0.15) is 23.6 Å². The Bertz CT molecular complexity index is 655. The van der Waals surface area contributed by atoms with Crippen LogP contribution in [-0.4, -0.2) is 43.4 Å². The maximum Gasteiger partial charge on any atom is 0.119 e. The monoisotopic (exact) mass is 326 g/mol. The highest BCUT2D eigenvalue weighted by Gasteiger charge is 2.21. The van der Waals surface area contributed by atoms with Gasteiger partial charge < -0.3 is 20.1 Å². The summed E-state index contributed by atoms with van der Waals surface area (Å²) < 4.78 is 5.65. The van der Waals surface area contributed by atoms with Crippen LogP contribution in [0.4, 0.5) is 5.69 Å². The third-order valence-corrected chi connectivity index (χ3v) is 4.35. The van der Waals surface area contributed by atoms with Crippen molar-refractivity contribution in [2.24, 2.45) is 0 Å². The molecule has 0 heterocycles. The minimum Gasteiger partial charge on any atom is -0.491 e. The minimum atomic E-state index is -0.479. The summed E-state index contributed by atoms with van der Waals surface area (Å²) in [5.41, 5.74) is 3.95. The van der Waals surface area contributed by atoms with Crippen LogP contribution in [0.5, 0.6) is 5.75 Å². The lowest BCUT2D eigenvalue weighted by atomic mass is 10.1. The van der Waals surface area contributed by atoms with Crippen LogP contribution in [-0.2, 0) is 6.42 Å². The number of likely N-dealkylation sites (N-methyl/N-ethyl adjacent to an activating group) is 1. The van der Waals surface area contributed by atoms with Gasteiger partial charge >= 0.3 is 0 Å². The number of aliphatic hydroxyl groups excluding tert-OH is 1. The first-order valence-electron chi connectivity index (χ1n) is 8.52.